The summed E-state index contributed by atoms with van der Waals surface area (Å²) >= 11 is 5.48. The van der Waals surface area contributed by atoms with Gasteiger partial charge in [-0.1, -0.05) is 17.7 Å². The number of ether oxygens (including phenoxy) is 1. The summed E-state index contributed by atoms with van der Waals surface area (Å²) in [4.78, 5) is 0. The van der Waals surface area contributed by atoms with Crippen LogP contribution in [0.25, 0.3) is 0 Å². The van der Waals surface area contributed by atoms with E-state index in [1.807, 2.05) is 31.2 Å². The minimum Gasteiger partial charge on any atom is -0.491 e. The van der Waals surface area contributed by atoms with Crippen LogP contribution in [0.5, 0.6) is 5.75 Å². The van der Waals surface area contributed by atoms with Gasteiger partial charge in [-0.2, -0.15) is 0 Å². The van der Waals surface area contributed by atoms with E-state index in [0.29, 0.717) is 18.9 Å². The molecule has 0 aliphatic carbocycles. The maximum atomic E-state index is 9.36. The lowest BCUT2D eigenvalue weighted by Crippen LogP contribution is -2.17. The molecule has 0 aromatic heterocycles. The van der Waals surface area contributed by atoms with Crippen LogP contribution >= 0.6 is 11.6 Å². The summed E-state index contributed by atoms with van der Waals surface area (Å²) in [6.45, 7) is 2.32. The number of aryl methyl sites for hydroxylation is 1. The third kappa shape index (κ3) is 3.99. The molecule has 1 atom stereocenters. The van der Waals surface area contributed by atoms with Gasteiger partial charge >= 0.3 is 0 Å². The molecule has 0 bridgehead atoms. The Labute approximate surface area is 89.5 Å². The lowest BCUT2D eigenvalue weighted by atomic mass is 10.2. The van der Waals surface area contributed by atoms with Crippen molar-refractivity contribution in [2.45, 2.75) is 19.4 Å². The van der Waals surface area contributed by atoms with Crippen molar-refractivity contribution < 1.29 is 9.84 Å². The third-order valence-corrected chi connectivity index (χ3v) is 2.12. The molecule has 0 amide bonds. The number of aliphatic hydroxyl groups is 1. The van der Waals surface area contributed by atoms with Gasteiger partial charge in [-0.3, -0.25) is 0 Å². The van der Waals surface area contributed by atoms with E-state index in [-0.39, 0.29) is 0 Å². The average molecular weight is 215 g/mol. The van der Waals surface area contributed by atoms with Gasteiger partial charge in [-0.25, -0.2) is 0 Å². The molecule has 78 valence electrons. The van der Waals surface area contributed by atoms with Crippen LogP contribution in [0.1, 0.15) is 12.0 Å². The quantitative estimate of drug-likeness (QED) is 0.763. The molecular weight excluding hydrogens is 200 g/mol. The number of hydrogen-bond acceptors (Lipinski definition) is 2. The van der Waals surface area contributed by atoms with Gasteiger partial charge in [-0.05, 0) is 25.5 Å². The second kappa shape index (κ2) is 5.89. The fourth-order valence-corrected chi connectivity index (χ4v) is 1.29. The number of alkyl halides is 1. The zero-order chi connectivity index (χ0) is 10.4. The highest BCUT2D eigenvalue weighted by atomic mass is 35.5. The van der Waals surface area contributed by atoms with E-state index < -0.39 is 6.10 Å². The van der Waals surface area contributed by atoms with Gasteiger partial charge in [0.25, 0.3) is 0 Å². The first-order valence-corrected chi connectivity index (χ1v) is 5.19. The van der Waals surface area contributed by atoms with Crippen molar-refractivity contribution in [3.8, 4) is 5.75 Å². The standard InChI is InChI=1S/C11H15ClO2/c1-9-2-4-11(5-3-9)14-8-10(13)6-7-12/h2-5,10,13H,6-8H2,1H3. The van der Waals surface area contributed by atoms with Crippen LogP contribution in [-0.2, 0) is 0 Å². The van der Waals surface area contributed by atoms with Crippen molar-refractivity contribution in [1.82, 2.24) is 0 Å². The highest BCUT2D eigenvalue weighted by molar-refractivity contribution is 6.17. The van der Waals surface area contributed by atoms with Crippen LogP contribution in [-0.4, -0.2) is 23.7 Å². The van der Waals surface area contributed by atoms with Crippen molar-refractivity contribution in [3.63, 3.8) is 0 Å². The minimum absolute atomic E-state index is 0.301. The van der Waals surface area contributed by atoms with Gasteiger partial charge in [0.15, 0.2) is 0 Å². The Hall–Kier alpha value is -0.730. The second-order valence-corrected chi connectivity index (χ2v) is 3.63. The number of rotatable bonds is 5. The Morgan fingerprint density at radius 3 is 2.57 bits per heavy atom. The first kappa shape index (κ1) is 11.3. The Morgan fingerprint density at radius 1 is 1.36 bits per heavy atom. The monoisotopic (exact) mass is 214 g/mol. The predicted molar refractivity (Wildman–Crippen MR) is 58.0 cm³/mol. The van der Waals surface area contributed by atoms with Crippen molar-refractivity contribution in [2.75, 3.05) is 12.5 Å². The van der Waals surface area contributed by atoms with E-state index in [1.54, 1.807) is 0 Å². The highest BCUT2D eigenvalue weighted by Crippen LogP contribution is 2.11. The van der Waals surface area contributed by atoms with Gasteiger partial charge in [0.1, 0.15) is 12.4 Å². The minimum atomic E-state index is -0.478. The number of benzene rings is 1. The summed E-state index contributed by atoms with van der Waals surface area (Å²) in [5.41, 5.74) is 1.19. The predicted octanol–water partition coefficient (Wildman–Crippen LogP) is 2.36. The van der Waals surface area contributed by atoms with Gasteiger partial charge in [0, 0.05) is 5.88 Å². The maximum absolute atomic E-state index is 9.36. The fourth-order valence-electron chi connectivity index (χ4n) is 1.04. The molecule has 1 unspecified atom stereocenters. The molecule has 1 rings (SSSR count). The summed E-state index contributed by atoms with van der Waals surface area (Å²) in [5.74, 6) is 1.24. The molecule has 3 heteroatoms. The van der Waals surface area contributed by atoms with Crippen LogP contribution in [0.15, 0.2) is 24.3 Å². The first-order valence-electron chi connectivity index (χ1n) is 4.66. The molecule has 0 saturated heterocycles. The molecule has 1 aromatic carbocycles. The lowest BCUT2D eigenvalue weighted by molar-refractivity contribution is 0.105. The van der Waals surface area contributed by atoms with E-state index in [9.17, 15) is 5.11 Å². The van der Waals surface area contributed by atoms with Crippen molar-refractivity contribution in [3.05, 3.63) is 29.8 Å². The van der Waals surface area contributed by atoms with Gasteiger partial charge in [0.2, 0.25) is 0 Å². The summed E-state index contributed by atoms with van der Waals surface area (Å²) in [5, 5.41) is 9.36. The fraction of sp³-hybridized carbons (Fsp3) is 0.455. The number of aliphatic hydroxyl groups excluding tert-OH is 1. The molecule has 0 fully saturated rings. The van der Waals surface area contributed by atoms with Crippen molar-refractivity contribution in [1.29, 1.82) is 0 Å². The Morgan fingerprint density at radius 2 is 2.00 bits per heavy atom. The summed E-state index contributed by atoms with van der Waals surface area (Å²) in [6.07, 6.45) is 0.0850. The summed E-state index contributed by atoms with van der Waals surface area (Å²) in [7, 11) is 0. The smallest absolute Gasteiger partial charge is 0.119 e. The third-order valence-electron chi connectivity index (χ3n) is 1.91. The Kier molecular flexibility index (Phi) is 4.77. The van der Waals surface area contributed by atoms with Gasteiger partial charge in [0.05, 0.1) is 6.10 Å². The van der Waals surface area contributed by atoms with Crippen LogP contribution in [0, 0.1) is 6.92 Å². The maximum Gasteiger partial charge on any atom is 0.119 e. The molecule has 0 radical (unpaired) electrons. The highest BCUT2D eigenvalue weighted by Gasteiger charge is 2.03. The normalized spacial score (nSPS) is 12.5. The Balaban J connectivity index is 2.34. The van der Waals surface area contributed by atoms with Gasteiger partial charge < -0.3 is 9.84 Å². The summed E-state index contributed by atoms with van der Waals surface area (Å²) < 4.78 is 5.37. The van der Waals surface area contributed by atoms with Crippen LogP contribution in [0.3, 0.4) is 0 Å². The average Bonchev–Trinajstić information content (AvgIpc) is 2.17. The first-order chi connectivity index (χ1) is 6.72. The SMILES string of the molecule is Cc1ccc(OCC(O)CCCl)cc1. The molecule has 0 spiro atoms. The van der Waals surface area contributed by atoms with Crippen LogP contribution in [0.4, 0.5) is 0 Å². The molecule has 0 heterocycles. The topological polar surface area (TPSA) is 29.5 Å². The molecule has 0 aliphatic heterocycles. The number of halogens is 1. The lowest BCUT2D eigenvalue weighted by Gasteiger charge is -2.10. The van der Waals surface area contributed by atoms with E-state index >= 15 is 0 Å². The summed E-state index contributed by atoms with van der Waals surface area (Å²) in [6, 6.07) is 7.73. The van der Waals surface area contributed by atoms with Crippen molar-refractivity contribution >= 4 is 11.6 Å². The largest absolute Gasteiger partial charge is 0.491 e. The zero-order valence-electron chi connectivity index (χ0n) is 8.24. The number of hydrogen-bond donors (Lipinski definition) is 1. The Bertz CT molecular complexity index is 258. The van der Waals surface area contributed by atoms with Crippen LogP contribution in [0.2, 0.25) is 0 Å². The molecular formula is C11H15ClO2. The molecule has 1 aromatic rings. The molecule has 14 heavy (non-hydrogen) atoms. The molecule has 1 N–H and O–H groups in total. The van der Waals surface area contributed by atoms with E-state index in [4.69, 9.17) is 16.3 Å². The molecule has 0 saturated carbocycles. The molecule has 2 nitrogen and oxygen atoms in total. The van der Waals surface area contributed by atoms with Crippen molar-refractivity contribution in [2.24, 2.45) is 0 Å². The molecule has 0 aliphatic rings. The van der Waals surface area contributed by atoms with Crippen LogP contribution < -0.4 is 4.74 Å². The van der Waals surface area contributed by atoms with Gasteiger partial charge in [-0.15, -0.1) is 11.6 Å². The zero-order valence-corrected chi connectivity index (χ0v) is 9.00. The van der Waals surface area contributed by atoms with E-state index in [2.05, 4.69) is 0 Å². The second-order valence-electron chi connectivity index (χ2n) is 3.26. The van der Waals surface area contributed by atoms with E-state index in [0.717, 1.165) is 5.75 Å². The van der Waals surface area contributed by atoms with E-state index in [1.165, 1.54) is 5.56 Å².